The van der Waals surface area contributed by atoms with Crippen LogP contribution in [0.15, 0.2) is 22.7 Å². The molecule has 116 valence electrons. The van der Waals surface area contributed by atoms with Crippen LogP contribution in [0, 0.1) is 5.82 Å². The Bertz CT molecular complexity index is 538. The van der Waals surface area contributed by atoms with Crippen molar-refractivity contribution in [1.29, 1.82) is 0 Å². The van der Waals surface area contributed by atoms with E-state index in [9.17, 15) is 14.0 Å². The third kappa shape index (κ3) is 5.00. The summed E-state index contributed by atoms with van der Waals surface area (Å²) in [6.07, 6.45) is 0.932. The third-order valence-corrected chi connectivity index (χ3v) is 3.51. The number of halogens is 2. The Morgan fingerprint density at radius 1 is 1.48 bits per heavy atom. The number of nitrogens with one attached hydrogen (secondary N) is 1. The zero-order valence-electron chi connectivity index (χ0n) is 11.8. The predicted octanol–water partition coefficient (Wildman–Crippen LogP) is 2.73. The van der Waals surface area contributed by atoms with Crippen molar-refractivity contribution in [1.82, 2.24) is 5.32 Å². The van der Waals surface area contributed by atoms with E-state index in [4.69, 9.17) is 9.84 Å². The first-order chi connectivity index (χ1) is 9.78. The normalized spacial score (nSPS) is 13.3. The van der Waals surface area contributed by atoms with E-state index >= 15 is 0 Å². The van der Waals surface area contributed by atoms with Crippen molar-refractivity contribution < 1.29 is 23.8 Å². The second-order valence-corrected chi connectivity index (χ2v) is 5.65. The van der Waals surface area contributed by atoms with Crippen LogP contribution in [-0.2, 0) is 9.59 Å². The first-order valence-corrected chi connectivity index (χ1v) is 7.20. The maximum Gasteiger partial charge on any atom is 0.329 e. The zero-order chi connectivity index (χ0) is 16.0. The van der Waals surface area contributed by atoms with Crippen LogP contribution in [0.4, 0.5) is 4.39 Å². The number of carbonyl (C=O) groups excluding carboxylic acids is 1. The van der Waals surface area contributed by atoms with E-state index in [-0.39, 0.29) is 6.61 Å². The lowest BCUT2D eigenvalue weighted by Crippen LogP contribution is -2.53. The Morgan fingerprint density at radius 3 is 2.67 bits per heavy atom. The molecular formula is C14H17BrFNO4. The van der Waals surface area contributed by atoms with Gasteiger partial charge in [-0.15, -0.1) is 0 Å². The lowest BCUT2D eigenvalue weighted by Gasteiger charge is -2.25. The fourth-order valence-electron chi connectivity index (χ4n) is 1.80. The van der Waals surface area contributed by atoms with E-state index in [2.05, 4.69) is 21.2 Å². The van der Waals surface area contributed by atoms with Gasteiger partial charge in [-0.05, 0) is 47.5 Å². The van der Waals surface area contributed by atoms with Crippen LogP contribution in [0.1, 0.15) is 26.7 Å². The molecule has 1 aromatic carbocycles. The molecule has 0 fully saturated rings. The number of hydrogen-bond acceptors (Lipinski definition) is 3. The molecule has 2 N–H and O–H groups in total. The van der Waals surface area contributed by atoms with Crippen molar-refractivity contribution in [3.8, 4) is 5.75 Å². The highest BCUT2D eigenvalue weighted by Crippen LogP contribution is 2.25. The van der Waals surface area contributed by atoms with Crippen LogP contribution >= 0.6 is 15.9 Å². The summed E-state index contributed by atoms with van der Waals surface area (Å²) in [5, 5.41) is 11.6. The summed E-state index contributed by atoms with van der Waals surface area (Å²) in [5.41, 5.74) is -1.32. The summed E-state index contributed by atoms with van der Waals surface area (Å²) in [4.78, 5) is 23.0. The number of carbonyl (C=O) groups is 2. The van der Waals surface area contributed by atoms with Crippen molar-refractivity contribution in [2.24, 2.45) is 0 Å². The fourth-order valence-corrected chi connectivity index (χ4v) is 2.27. The predicted molar refractivity (Wildman–Crippen MR) is 78.7 cm³/mol. The summed E-state index contributed by atoms with van der Waals surface area (Å²) in [5.74, 6) is -1.77. The molecule has 1 aromatic rings. The van der Waals surface area contributed by atoms with E-state index in [0.717, 1.165) is 0 Å². The SMILES string of the molecule is CCCC(C)(NC(=O)COc1ccc(F)cc1Br)C(=O)O. The van der Waals surface area contributed by atoms with Crippen LogP contribution in [0.5, 0.6) is 5.75 Å². The van der Waals surface area contributed by atoms with Crippen LogP contribution in [-0.4, -0.2) is 29.1 Å². The quantitative estimate of drug-likeness (QED) is 0.782. The molecule has 5 nitrogen and oxygen atoms in total. The highest BCUT2D eigenvalue weighted by atomic mass is 79.9. The standard InChI is InChI=1S/C14H17BrFNO4/c1-3-6-14(2,13(19)20)17-12(18)8-21-11-5-4-9(16)7-10(11)15/h4-5,7H,3,6,8H2,1-2H3,(H,17,18)(H,19,20). The topological polar surface area (TPSA) is 75.6 Å². The second-order valence-electron chi connectivity index (χ2n) is 4.80. The maximum absolute atomic E-state index is 12.9. The molecule has 0 aliphatic rings. The van der Waals surface area contributed by atoms with Gasteiger partial charge in [0.25, 0.3) is 5.91 Å². The van der Waals surface area contributed by atoms with Crippen molar-refractivity contribution >= 4 is 27.8 Å². The van der Waals surface area contributed by atoms with Gasteiger partial charge in [0.2, 0.25) is 0 Å². The molecule has 0 aliphatic carbocycles. The number of hydrogen-bond donors (Lipinski definition) is 2. The van der Waals surface area contributed by atoms with Crippen LogP contribution in [0.2, 0.25) is 0 Å². The minimum atomic E-state index is -1.32. The number of amides is 1. The van der Waals surface area contributed by atoms with Crippen LogP contribution < -0.4 is 10.1 Å². The summed E-state index contributed by atoms with van der Waals surface area (Å²) < 4.78 is 18.5. The van der Waals surface area contributed by atoms with Crippen molar-refractivity contribution in [3.05, 3.63) is 28.5 Å². The van der Waals surface area contributed by atoms with Crippen LogP contribution in [0.3, 0.4) is 0 Å². The Kier molecular flexibility index (Phi) is 6.14. The summed E-state index contributed by atoms with van der Waals surface area (Å²) in [6.45, 7) is 2.93. The Hall–Kier alpha value is -1.63. The average molecular weight is 362 g/mol. The van der Waals surface area contributed by atoms with E-state index in [1.165, 1.54) is 25.1 Å². The highest BCUT2D eigenvalue weighted by Gasteiger charge is 2.33. The Morgan fingerprint density at radius 2 is 2.14 bits per heavy atom. The molecular weight excluding hydrogens is 345 g/mol. The van der Waals surface area contributed by atoms with Crippen molar-refractivity contribution in [2.75, 3.05) is 6.61 Å². The van der Waals surface area contributed by atoms with Crippen molar-refractivity contribution in [3.63, 3.8) is 0 Å². The van der Waals surface area contributed by atoms with Gasteiger partial charge in [-0.25, -0.2) is 9.18 Å². The molecule has 0 spiro atoms. The summed E-state index contributed by atoms with van der Waals surface area (Å²) in [6, 6.07) is 3.80. The number of ether oxygens (including phenoxy) is 1. The summed E-state index contributed by atoms with van der Waals surface area (Å²) >= 11 is 3.12. The fraction of sp³-hybridized carbons (Fsp3) is 0.429. The van der Waals surface area contributed by atoms with Gasteiger partial charge in [-0.2, -0.15) is 0 Å². The molecule has 0 radical (unpaired) electrons. The van der Waals surface area contributed by atoms with Crippen molar-refractivity contribution in [2.45, 2.75) is 32.2 Å². The first kappa shape index (κ1) is 17.4. The Labute approximate surface area is 130 Å². The average Bonchev–Trinajstić information content (AvgIpc) is 2.37. The van der Waals surface area contributed by atoms with E-state index in [1.807, 2.05) is 6.92 Å². The number of rotatable bonds is 7. The molecule has 0 heterocycles. The molecule has 1 unspecified atom stereocenters. The molecule has 1 rings (SSSR count). The molecule has 21 heavy (non-hydrogen) atoms. The number of benzene rings is 1. The van der Waals surface area contributed by atoms with Crippen LogP contribution in [0.25, 0.3) is 0 Å². The van der Waals surface area contributed by atoms with E-state index < -0.39 is 23.2 Å². The monoisotopic (exact) mass is 361 g/mol. The minimum Gasteiger partial charge on any atom is -0.483 e. The Balaban J connectivity index is 2.63. The van der Waals surface area contributed by atoms with Gasteiger partial charge in [0.1, 0.15) is 17.1 Å². The van der Waals surface area contributed by atoms with Gasteiger partial charge in [0, 0.05) is 0 Å². The van der Waals surface area contributed by atoms with E-state index in [0.29, 0.717) is 23.1 Å². The highest BCUT2D eigenvalue weighted by molar-refractivity contribution is 9.10. The van der Waals surface area contributed by atoms with E-state index in [1.54, 1.807) is 0 Å². The van der Waals surface area contributed by atoms with Gasteiger partial charge < -0.3 is 15.2 Å². The second kappa shape index (κ2) is 7.40. The largest absolute Gasteiger partial charge is 0.483 e. The molecule has 7 heteroatoms. The summed E-state index contributed by atoms with van der Waals surface area (Å²) in [7, 11) is 0. The zero-order valence-corrected chi connectivity index (χ0v) is 13.4. The molecule has 0 saturated carbocycles. The molecule has 0 saturated heterocycles. The molecule has 0 bridgehead atoms. The van der Waals surface area contributed by atoms with Gasteiger partial charge in [-0.1, -0.05) is 13.3 Å². The molecule has 1 amide bonds. The van der Waals surface area contributed by atoms with Gasteiger partial charge >= 0.3 is 5.97 Å². The van der Waals surface area contributed by atoms with Gasteiger partial charge in [0.15, 0.2) is 6.61 Å². The molecule has 0 aliphatic heterocycles. The number of aliphatic carboxylic acids is 1. The maximum atomic E-state index is 12.9. The number of carboxylic acid groups (broad SMARTS) is 1. The van der Waals surface area contributed by atoms with Gasteiger partial charge in [-0.3, -0.25) is 4.79 Å². The molecule has 0 aromatic heterocycles. The van der Waals surface area contributed by atoms with Gasteiger partial charge in [0.05, 0.1) is 4.47 Å². The molecule has 1 atom stereocenters. The smallest absolute Gasteiger partial charge is 0.329 e. The minimum absolute atomic E-state index is 0.305. The lowest BCUT2D eigenvalue weighted by atomic mass is 9.96. The first-order valence-electron chi connectivity index (χ1n) is 6.40. The third-order valence-electron chi connectivity index (χ3n) is 2.89. The lowest BCUT2D eigenvalue weighted by molar-refractivity contribution is -0.147. The number of carboxylic acids is 1.